The van der Waals surface area contributed by atoms with Gasteiger partial charge in [0.25, 0.3) is 0 Å². The van der Waals surface area contributed by atoms with Gasteiger partial charge in [-0.15, -0.1) is 3.89 Å². The number of halogens is 1. The molecule has 0 bridgehead atoms. The SMILES string of the molecule is O=S(=O)(F)C1CCN(CCc2ccccc2)C1. The third-order valence-corrected chi connectivity index (χ3v) is 4.37. The lowest BCUT2D eigenvalue weighted by atomic mass is 10.1. The van der Waals surface area contributed by atoms with Crippen LogP contribution < -0.4 is 0 Å². The molecule has 1 fully saturated rings. The Balaban J connectivity index is 1.83. The standard InChI is InChI=1S/C12H16FNO2S/c13-17(15,16)12-7-9-14(10-12)8-6-11-4-2-1-3-5-11/h1-5,12H,6-10H2. The molecule has 0 saturated carbocycles. The number of rotatable bonds is 4. The first-order valence-electron chi connectivity index (χ1n) is 5.75. The molecule has 0 N–H and O–H groups in total. The third-order valence-electron chi connectivity index (χ3n) is 3.19. The van der Waals surface area contributed by atoms with Crippen LogP contribution in [-0.4, -0.2) is 38.2 Å². The molecule has 0 amide bonds. The van der Waals surface area contributed by atoms with E-state index in [4.69, 9.17) is 0 Å². The second-order valence-electron chi connectivity index (χ2n) is 4.42. The van der Waals surface area contributed by atoms with Crippen LogP contribution in [-0.2, 0) is 16.6 Å². The molecule has 1 heterocycles. The van der Waals surface area contributed by atoms with Gasteiger partial charge in [-0.1, -0.05) is 30.3 Å². The van der Waals surface area contributed by atoms with Crippen molar-refractivity contribution in [2.75, 3.05) is 19.6 Å². The quantitative estimate of drug-likeness (QED) is 0.769. The Morgan fingerprint density at radius 3 is 2.59 bits per heavy atom. The van der Waals surface area contributed by atoms with Crippen LogP contribution in [0.2, 0.25) is 0 Å². The van der Waals surface area contributed by atoms with Gasteiger partial charge >= 0.3 is 10.2 Å². The Hall–Kier alpha value is -0.940. The summed E-state index contributed by atoms with van der Waals surface area (Å²) in [5.74, 6) is 0. The van der Waals surface area contributed by atoms with Crippen molar-refractivity contribution >= 4 is 10.2 Å². The van der Waals surface area contributed by atoms with Crippen LogP contribution in [0, 0.1) is 0 Å². The highest BCUT2D eigenvalue weighted by atomic mass is 32.3. The van der Waals surface area contributed by atoms with Crippen LogP contribution in [0.15, 0.2) is 30.3 Å². The van der Waals surface area contributed by atoms with Gasteiger partial charge in [-0.25, -0.2) is 0 Å². The number of hydrogen-bond donors (Lipinski definition) is 0. The Labute approximate surface area is 101 Å². The second kappa shape index (κ2) is 5.14. The molecule has 0 aliphatic carbocycles. The molecule has 5 heteroatoms. The molecule has 1 unspecified atom stereocenters. The van der Waals surface area contributed by atoms with Crippen LogP contribution in [0.5, 0.6) is 0 Å². The molecular weight excluding hydrogens is 241 g/mol. The highest BCUT2D eigenvalue weighted by molar-refractivity contribution is 7.87. The number of likely N-dealkylation sites (tertiary alicyclic amines) is 1. The minimum atomic E-state index is -4.36. The predicted molar refractivity (Wildman–Crippen MR) is 65.0 cm³/mol. The smallest absolute Gasteiger partial charge is 0.302 e. The van der Waals surface area contributed by atoms with Gasteiger partial charge in [0.2, 0.25) is 0 Å². The van der Waals surface area contributed by atoms with Crippen molar-refractivity contribution in [1.82, 2.24) is 4.90 Å². The zero-order valence-corrected chi connectivity index (χ0v) is 10.4. The highest BCUT2D eigenvalue weighted by Crippen LogP contribution is 2.18. The van der Waals surface area contributed by atoms with Crippen LogP contribution in [0.25, 0.3) is 0 Å². The molecule has 3 nitrogen and oxygen atoms in total. The van der Waals surface area contributed by atoms with Gasteiger partial charge < -0.3 is 4.90 Å². The van der Waals surface area contributed by atoms with Crippen molar-refractivity contribution in [3.8, 4) is 0 Å². The molecule has 1 aromatic rings. The van der Waals surface area contributed by atoms with Crippen molar-refractivity contribution in [3.05, 3.63) is 35.9 Å². The Morgan fingerprint density at radius 1 is 1.29 bits per heavy atom. The lowest BCUT2D eigenvalue weighted by Crippen LogP contribution is -2.26. The van der Waals surface area contributed by atoms with Crippen LogP contribution >= 0.6 is 0 Å². The Bertz CT molecular complexity index is 461. The van der Waals surface area contributed by atoms with Crippen molar-refractivity contribution in [2.45, 2.75) is 18.1 Å². The van der Waals surface area contributed by atoms with Gasteiger partial charge in [0.1, 0.15) is 5.25 Å². The van der Waals surface area contributed by atoms with Gasteiger partial charge in [-0.05, 0) is 24.9 Å². The zero-order chi connectivity index (χ0) is 12.3. The van der Waals surface area contributed by atoms with Gasteiger partial charge in [-0.3, -0.25) is 0 Å². The van der Waals surface area contributed by atoms with E-state index in [1.54, 1.807) is 0 Å². The average Bonchev–Trinajstić information content (AvgIpc) is 2.76. The molecule has 1 aromatic carbocycles. The summed E-state index contributed by atoms with van der Waals surface area (Å²) in [6, 6.07) is 10.0. The van der Waals surface area contributed by atoms with E-state index in [1.165, 1.54) is 5.56 Å². The van der Waals surface area contributed by atoms with E-state index in [0.717, 1.165) is 13.0 Å². The summed E-state index contributed by atoms with van der Waals surface area (Å²) >= 11 is 0. The minimum absolute atomic E-state index is 0.325. The summed E-state index contributed by atoms with van der Waals surface area (Å²) in [5.41, 5.74) is 1.22. The first-order valence-corrected chi connectivity index (χ1v) is 7.20. The van der Waals surface area contributed by atoms with E-state index in [-0.39, 0.29) is 0 Å². The Kier molecular flexibility index (Phi) is 3.79. The van der Waals surface area contributed by atoms with Gasteiger partial charge in [0.05, 0.1) is 0 Å². The monoisotopic (exact) mass is 257 g/mol. The molecule has 0 radical (unpaired) electrons. The summed E-state index contributed by atoms with van der Waals surface area (Å²) in [6.07, 6.45) is 1.29. The minimum Gasteiger partial charge on any atom is -0.302 e. The second-order valence-corrected chi connectivity index (χ2v) is 6.04. The van der Waals surface area contributed by atoms with Gasteiger partial charge in [0, 0.05) is 13.1 Å². The normalized spacial score (nSPS) is 21.8. The summed E-state index contributed by atoms with van der Waals surface area (Å²) in [5, 5.41) is -0.821. The molecule has 1 saturated heterocycles. The number of nitrogens with zero attached hydrogens (tertiary/aromatic N) is 1. The van der Waals surface area contributed by atoms with E-state index in [1.807, 2.05) is 35.2 Å². The van der Waals surface area contributed by atoms with Crippen molar-refractivity contribution < 1.29 is 12.3 Å². The first-order chi connectivity index (χ1) is 8.05. The van der Waals surface area contributed by atoms with Crippen molar-refractivity contribution in [2.24, 2.45) is 0 Å². The summed E-state index contributed by atoms with van der Waals surface area (Å²) < 4.78 is 34.3. The fourth-order valence-electron chi connectivity index (χ4n) is 2.16. The average molecular weight is 257 g/mol. The molecule has 2 rings (SSSR count). The fourth-order valence-corrected chi connectivity index (χ4v) is 2.94. The third kappa shape index (κ3) is 3.51. The van der Waals surface area contributed by atoms with Crippen LogP contribution in [0.4, 0.5) is 3.89 Å². The summed E-state index contributed by atoms with van der Waals surface area (Å²) in [7, 11) is -4.36. The molecule has 17 heavy (non-hydrogen) atoms. The maximum atomic E-state index is 12.8. The predicted octanol–water partition coefficient (Wildman–Crippen LogP) is 1.60. The van der Waals surface area contributed by atoms with Crippen LogP contribution in [0.3, 0.4) is 0 Å². The molecule has 1 aliphatic heterocycles. The fraction of sp³-hybridized carbons (Fsp3) is 0.500. The number of benzene rings is 1. The van der Waals surface area contributed by atoms with Gasteiger partial charge in [0.15, 0.2) is 0 Å². The zero-order valence-electron chi connectivity index (χ0n) is 9.55. The largest absolute Gasteiger partial charge is 0.306 e. The highest BCUT2D eigenvalue weighted by Gasteiger charge is 2.32. The molecule has 1 atom stereocenters. The maximum Gasteiger partial charge on any atom is 0.306 e. The van der Waals surface area contributed by atoms with E-state index < -0.39 is 15.5 Å². The Morgan fingerprint density at radius 2 is 2.00 bits per heavy atom. The number of hydrogen-bond acceptors (Lipinski definition) is 3. The lowest BCUT2D eigenvalue weighted by molar-refractivity contribution is 0.343. The summed E-state index contributed by atoms with van der Waals surface area (Å²) in [6.45, 7) is 1.78. The van der Waals surface area contributed by atoms with E-state index in [0.29, 0.717) is 19.5 Å². The lowest BCUT2D eigenvalue weighted by Gasteiger charge is -2.14. The molecular formula is C12H16FNO2S. The summed E-state index contributed by atoms with van der Waals surface area (Å²) in [4.78, 5) is 2.01. The molecule has 94 valence electrons. The molecule has 0 aromatic heterocycles. The molecule has 1 aliphatic rings. The van der Waals surface area contributed by atoms with E-state index in [2.05, 4.69) is 0 Å². The topological polar surface area (TPSA) is 37.4 Å². The maximum absolute atomic E-state index is 12.8. The molecule has 0 spiro atoms. The van der Waals surface area contributed by atoms with Crippen molar-refractivity contribution in [1.29, 1.82) is 0 Å². The van der Waals surface area contributed by atoms with Crippen LogP contribution in [0.1, 0.15) is 12.0 Å². The van der Waals surface area contributed by atoms with Gasteiger partial charge in [-0.2, -0.15) is 8.42 Å². The first kappa shape index (κ1) is 12.5. The van der Waals surface area contributed by atoms with E-state index in [9.17, 15) is 12.3 Å². The van der Waals surface area contributed by atoms with Crippen molar-refractivity contribution in [3.63, 3.8) is 0 Å². The van der Waals surface area contributed by atoms with E-state index >= 15 is 0 Å².